The average molecular weight is 342 g/mol. The Morgan fingerprint density at radius 1 is 1.24 bits per heavy atom. The number of phenolic OH excluding ortho intramolecular Hbond substituents is 2. The van der Waals surface area contributed by atoms with E-state index in [1.165, 1.54) is 13.2 Å². The van der Waals surface area contributed by atoms with Crippen molar-refractivity contribution in [1.29, 1.82) is 0 Å². The van der Waals surface area contributed by atoms with Crippen LogP contribution in [0.4, 0.5) is 0 Å². The van der Waals surface area contributed by atoms with E-state index in [9.17, 15) is 15.0 Å². The van der Waals surface area contributed by atoms with E-state index in [2.05, 4.69) is 0 Å². The van der Waals surface area contributed by atoms with Crippen LogP contribution in [0.2, 0.25) is 0 Å². The van der Waals surface area contributed by atoms with E-state index < -0.39 is 11.7 Å². The number of benzene rings is 2. The molecule has 0 saturated carbocycles. The zero-order chi connectivity index (χ0) is 17.3. The number of rotatable bonds is 1. The van der Waals surface area contributed by atoms with Gasteiger partial charge in [-0.15, -0.1) is 0 Å². The lowest BCUT2D eigenvalue weighted by atomic mass is 9.95. The van der Waals surface area contributed by atoms with Crippen LogP contribution in [0.1, 0.15) is 17.9 Å². The zero-order valence-electron chi connectivity index (χ0n) is 13.2. The molecule has 1 aromatic heterocycles. The van der Waals surface area contributed by atoms with Crippen molar-refractivity contribution in [3.05, 3.63) is 34.0 Å². The summed E-state index contributed by atoms with van der Waals surface area (Å²) >= 11 is 0. The first-order valence-electron chi connectivity index (χ1n) is 7.91. The minimum Gasteiger partial charge on any atom is -0.507 e. The number of methoxy groups -OCH3 is 1. The molecule has 0 radical (unpaired) electrons. The van der Waals surface area contributed by atoms with Gasteiger partial charge < -0.3 is 28.8 Å². The average Bonchev–Trinajstić information content (AvgIpc) is 3.17. The number of fused-ring (bicyclic) bond motifs is 6. The van der Waals surface area contributed by atoms with Crippen molar-refractivity contribution < 1.29 is 28.8 Å². The van der Waals surface area contributed by atoms with Crippen molar-refractivity contribution in [2.75, 3.05) is 13.7 Å². The quantitative estimate of drug-likeness (QED) is 0.656. The van der Waals surface area contributed by atoms with Gasteiger partial charge in [0, 0.05) is 0 Å². The minimum atomic E-state index is -0.513. The maximum Gasteiger partial charge on any atom is 0.208 e. The molecule has 0 spiro atoms. The third kappa shape index (κ3) is 1.70. The molecule has 7 nitrogen and oxygen atoms in total. The predicted octanol–water partition coefficient (Wildman–Crippen LogP) is 2.59. The summed E-state index contributed by atoms with van der Waals surface area (Å²) in [5, 5.41) is 20.8. The summed E-state index contributed by atoms with van der Waals surface area (Å²) in [6.07, 6.45) is 0.182. The minimum absolute atomic E-state index is 0.0346. The van der Waals surface area contributed by atoms with Gasteiger partial charge in [-0.2, -0.15) is 0 Å². The number of phenols is 2. The van der Waals surface area contributed by atoms with Gasteiger partial charge in [-0.05, 0) is 18.6 Å². The van der Waals surface area contributed by atoms with E-state index in [0.717, 1.165) is 0 Å². The molecule has 2 aromatic carbocycles. The van der Waals surface area contributed by atoms with Crippen LogP contribution >= 0.6 is 0 Å². The molecule has 2 aliphatic heterocycles. The van der Waals surface area contributed by atoms with Crippen molar-refractivity contribution in [1.82, 2.24) is 0 Å². The molecule has 2 N–H and O–H groups in total. The van der Waals surface area contributed by atoms with Crippen molar-refractivity contribution in [2.24, 2.45) is 0 Å². The lowest BCUT2D eigenvalue weighted by molar-refractivity contribution is -0.0348. The molecular weight excluding hydrogens is 328 g/mol. The van der Waals surface area contributed by atoms with Crippen LogP contribution in [0.5, 0.6) is 23.0 Å². The molecule has 1 saturated heterocycles. The summed E-state index contributed by atoms with van der Waals surface area (Å²) in [6.45, 7) is 0.529. The van der Waals surface area contributed by atoms with Gasteiger partial charge >= 0.3 is 0 Å². The standard InChI is InChI=1S/C18H14O7/c1-22-16-12-13(20)11-8(19)3-2-4-9(11)24-15(12)10-7-5-6-23-18(7)25-17(10)14(16)21/h2-4,7,18-19,21H,5-6H2,1H3/t7-,18-/m0/s1. The van der Waals surface area contributed by atoms with Gasteiger partial charge in [0.1, 0.15) is 27.7 Å². The molecule has 2 atom stereocenters. The number of ether oxygens (including phenoxy) is 3. The summed E-state index contributed by atoms with van der Waals surface area (Å²) in [4.78, 5) is 13.0. The van der Waals surface area contributed by atoms with Crippen molar-refractivity contribution in [3.8, 4) is 23.0 Å². The van der Waals surface area contributed by atoms with E-state index in [1.54, 1.807) is 12.1 Å². The molecule has 2 aliphatic rings. The summed E-state index contributed by atoms with van der Waals surface area (Å²) in [6, 6.07) is 4.62. The molecule has 128 valence electrons. The largest absolute Gasteiger partial charge is 0.507 e. The first-order chi connectivity index (χ1) is 12.1. The zero-order valence-corrected chi connectivity index (χ0v) is 13.2. The van der Waals surface area contributed by atoms with E-state index in [4.69, 9.17) is 18.6 Å². The molecular formula is C18H14O7. The van der Waals surface area contributed by atoms with Crippen molar-refractivity contribution in [3.63, 3.8) is 0 Å². The Balaban J connectivity index is 2.02. The van der Waals surface area contributed by atoms with Crippen LogP contribution in [0.15, 0.2) is 27.4 Å². The maximum atomic E-state index is 13.0. The van der Waals surface area contributed by atoms with Gasteiger partial charge in [-0.3, -0.25) is 4.79 Å². The Labute approximate surface area is 141 Å². The second-order valence-corrected chi connectivity index (χ2v) is 6.16. The second kappa shape index (κ2) is 4.80. The highest BCUT2D eigenvalue weighted by atomic mass is 16.7. The second-order valence-electron chi connectivity index (χ2n) is 6.16. The van der Waals surface area contributed by atoms with Crippen LogP contribution in [0.25, 0.3) is 21.9 Å². The van der Waals surface area contributed by atoms with Gasteiger partial charge in [-0.25, -0.2) is 0 Å². The third-order valence-corrected chi connectivity index (χ3v) is 4.89. The molecule has 5 rings (SSSR count). The first kappa shape index (κ1) is 14.4. The fourth-order valence-corrected chi connectivity index (χ4v) is 3.80. The normalized spacial score (nSPS) is 21.3. The summed E-state index contributed by atoms with van der Waals surface area (Å²) in [5.41, 5.74) is 0.699. The van der Waals surface area contributed by atoms with Crippen molar-refractivity contribution in [2.45, 2.75) is 18.6 Å². The van der Waals surface area contributed by atoms with E-state index in [-0.39, 0.29) is 45.3 Å². The Morgan fingerprint density at radius 2 is 2.08 bits per heavy atom. The van der Waals surface area contributed by atoms with Crippen LogP contribution in [-0.2, 0) is 4.74 Å². The van der Waals surface area contributed by atoms with Crippen LogP contribution in [0.3, 0.4) is 0 Å². The highest BCUT2D eigenvalue weighted by Gasteiger charge is 2.44. The number of aromatic hydroxyl groups is 2. The van der Waals surface area contributed by atoms with E-state index in [1.807, 2.05) is 0 Å². The summed E-state index contributed by atoms with van der Waals surface area (Å²) in [7, 11) is 1.35. The topological polar surface area (TPSA) is 98.4 Å². The monoisotopic (exact) mass is 342 g/mol. The molecule has 3 heterocycles. The molecule has 0 unspecified atom stereocenters. The van der Waals surface area contributed by atoms with Gasteiger partial charge in [-0.1, -0.05) is 6.07 Å². The Bertz CT molecular complexity index is 1100. The molecule has 25 heavy (non-hydrogen) atoms. The Hall–Kier alpha value is -2.93. The van der Waals surface area contributed by atoms with Crippen LogP contribution in [0, 0.1) is 0 Å². The highest BCUT2D eigenvalue weighted by Crippen LogP contribution is 2.55. The van der Waals surface area contributed by atoms with Gasteiger partial charge in [0.05, 0.1) is 25.2 Å². The Morgan fingerprint density at radius 3 is 2.88 bits per heavy atom. The maximum absolute atomic E-state index is 13.0. The lowest BCUT2D eigenvalue weighted by Crippen LogP contribution is -2.13. The van der Waals surface area contributed by atoms with Gasteiger partial charge in [0.25, 0.3) is 0 Å². The van der Waals surface area contributed by atoms with Crippen molar-refractivity contribution >= 4 is 21.9 Å². The summed E-state index contributed by atoms with van der Waals surface area (Å²) < 4.78 is 22.5. The summed E-state index contributed by atoms with van der Waals surface area (Å²) in [5.74, 6) is -0.389. The van der Waals surface area contributed by atoms with E-state index >= 15 is 0 Å². The number of hydrogen-bond donors (Lipinski definition) is 2. The fraction of sp³-hybridized carbons (Fsp3) is 0.278. The first-order valence-corrected chi connectivity index (χ1v) is 7.91. The smallest absolute Gasteiger partial charge is 0.208 e. The van der Waals surface area contributed by atoms with Gasteiger partial charge in [0.2, 0.25) is 17.5 Å². The fourth-order valence-electron chi connectivity index (χ4n) is 3.80. The molecule has 0 amide bonds. The number of hydrogen-bond acceptors (Lipinski definition) is 7. The Kier molecular flexibility index (Phi) is 2.77. The SMILES string of the molecule is COc1c(O)c2c(c3oc4cccc(O)c4c(=O)c13)[C@@H]1CCO[C@H]1O2. The molecule has 1 fully saturated rings. The lowest BCUT2D eigenvalue weighted by Gasteiger charge is -2.14. The molecule has 7 heteroatoms. The van der Waals surface area contributed by atoms with Crippen LogP contribution < -0.4 is 14.9 Å². The molecule has 0 bridgehead atoms. The third-order valence-electron chi connectivity index (χ3n) is 4.89. The predicted molar refractivity (Wildman–Crippen MR) is 87.6 cm³/mol. The van der Waals surface area contributed by atoms with E-state index in [0.29, 0.717) is 24.2 Å². The van der Waals surface area contributed by atoms with Gasteiger partial charge in [0.15, 0.2) is 11.5 Å². The van der Waals surface area contributed by atoms with Crippen LogP contribution in [-0.4, -0.2) is 30.2 Å². The molecule has 0 aliphatic carbocycles. The highest BCUT2D eigenvalue weighted by molar-refractivity contribution is 6.00. The molecule has 3 aromatic rings.